The molecule has 0 aromatic carbocycles. The number of carbonyl (C=O) groups is 1. The van der Waals surface area contributed by atoms with Crippen molar-refractivity contribution in [2.24, 2.45) is 0 Å². The smallest absolute Gasteiger partial charge is 0.321 e. The fraction of sp³-hybridized carbons (Fsp3) is 0.600. The Hall–Kier alpha value is -1.17. The molecule has 1 N–H and O–H groups in total. The second kappa shape index (κ2) is 5.25. The third-order valence-corrected chi connectivity index (χ3v) is 4.36. The van der Waals surface area contributed by atoms with Gasteiger partial charge in [-0.1, -0.05) is 0 Å². The highest BCUT2D eigenvalue weighted by Crippen LogP contribution is 2.14. The van der Waals surface area contributed by atoms with E-state index in [4.69, 9.17) is 5.11 Å². The van der Waals surface area contributed by atoms with Gasteiger partial charge >= 0.3 is 5.97 Å². The van der Waals surface area contributed by atoms with Crippen LogP contribution in [0.1, 0.15) is 20.3 Å². The van der Waals surface area contributed by atoms with Crippen molar-refractivity contribution in [1.82, 2.24) is 9.55 Å². The summed E-state index contributed by atoms with van der Waals surface area (Å²) in [4.78, 5) is 14.7. The maximum absolute atomic E-state index is 11.7. The third kappa shape index (κ3) is 3.16. The average Bonchev–Trinajstić information content (AvgIpc) is 2.70. The number of rotatable bonds is 6. The Morgan fingerprint density at radius 3 is 2.75 bits per heavy atom. The van der Waals surface area contributed by atoms with E-state index >= 15 is 0 Å². The zero-order chi connectivity index (χ0) is 12.2. The van der Waals surface area contributed by atoms with Gasteiger partial charge in [-0.3, -0.25) is 9.00 Å². The molecule has 90 valence electrons. The van der Waals surface area contributed by atoms with Gasteiger partial charge in [0.1, 0.15) is 4.75 Å². The Morgan fingerprint density at radius 1 is 1.56 bits per heavy atom. The summed E-state index contributed by atoms with van der Waals surface area (Å²) < 4.78 is 12.4. The minimum atomic E-state index is -1.36. The van der Waals surface area contributed by atoms with E-state index in [0.717, 1.165) is 0 Å². The third-order valence-electron chi connectivity index (χ3n) is 2.39. The van der Waals surface area contributed by atoms with E-state index in [1.807, 2.05) is 10.8 Å². The lowest BCUT2D eigenvalue weighted by Gasteiger charge is -2.18. The number of aryl methyl sites for hydroxylation is 1. The van der Waals surface area contributed by atoms with Crippen LogP contribution in [0.4, 0.5) is 0 Å². The molecule has 16 heavy (non-hydrogen) atoms. The second-order valence-electron chi connectivity index (χ2n) is 4.02. The normalized spacial score (nSPS) is 13.6. The van der Waals surface area contributed by atoms with E-state index in [2.05, 4.69) is 4.98 Å². The van der Waals surface area contributed by atoms with Crippen molar-refractivity contribution >= 4 is 16.8 Å². The summed E-state index contributed by atoms with van der Waals surface area (Å²) in [6.07, 6.45) is 5.87. The van der Waals surface area contributed by atoms with Gasteiger partial charge in [-0.05, 0) is 20.3 Å². The molecule has 1 rings (SSSR count). The first-order chi connectivity index (χ1) is 7.44. The van der Waals surface area contributed by atoms with Crippen molar-refractivity contribution in [1.29, 1.82) is 0 Å². The summed E-state index contributed by atoms with van der Waals surface area (Å²) in [6.45, 7) is 3.69. The van der Waals surface area contributed by atoms with Crippen LogP contribution in [0, 0.1) is 0 Å². The molecule has 0 fully saturated rings. The molecule has 6 heteroatoms. The van der Waals surface area contributed by atoms with Gasteiger partial charge in [0.2, 0.25) is 0 Å². The fourth-order valence-electron chi connectivity index (χ4n) is 1.15. The Balaban J connectivity index is 2.39. The maximum atomic E-state index is 11.7. The Labute approximate surface area is 97.0 Å². The molecule has 1 aromatic heterocycles. The van der Waals surface area contributed by atoms with Crippen LogP contribution < -0.4 is 0 Å². The lowest BCUT2D eigenvalue weighted by molar-refractivity contribution is -0.139. The predicted molar refractivity (Wildman–Crippen MR) is 61.6 cm³/mol. The summed E-state index contributed by atoms with van der Waals surface area (Å²) in [5.41, 5.74) is 0. The van der Waals surface area contributed by atoms with Crippen LogP contribution in [0.3, 0.4) is 0 Å². The van der Waals surface area contributed by atoms with Gasteiger partial charge in [0.25, 0.3) is 0 Å². The maximum Gasteiger partial charge on any atom is 0.321 e. The minimum absolute atomic E-state index is 0.386. The Morgan fingerprint density at radius 2 is 2.25 bits per heavy atom. The van der Waals surface area contributed by atoms with E-state index in [0.29, 0.717) is 18.7 Å². The average molecular weight is 244 g/mol. The molecular weight excluding hydrogens is 228 g/mol. The van der Waals surface area contributed by atoms with E-state index in [1.165, 1.54) is 13.8 Å². The molecule has 0 bridgehead atoms. The number of imidazole rings is 1. The fourth-order valence-corrected chi connectivity index (χ4v) is 2.25. The van der Waals surface area contributed by atoms with Crippen molar-refractivity contribution in [2.75, 3.05) is 5.75 Å². The highest BCUT2D eigenvalue weighted by atomic mass is 32.2. The molecule has 0 aliphatic rings. The summed E-state index contributed by atoms with van der Waals surface area (Å²) in [5, 5.41) is 8.89. The zero-order valence-electron chi connectivity index (χ0n) is 9.42. The van der Waals surface area contributed by atoms with Crippen LogP contribution in [-0.4, -0.2) is 35.3 Å². The van der Waals surface area contributed by atoms with Crippen LogP contribution in [0.25, 0.3) is 0 Å². The molecule has 0 saturated heterocycles. The first-order valence-electron chi connectivity index (χ1n) is 5.02. The summed E-state index contributed by atoms with van der Waals surface area (Å²) >= 11 is 0. The first kappa shape index (κ1) is 12.9. The quantitative estimate of drug-likeness (QED) is 0.806. The van der Waals surface area contributed by atoms with Crippen LogP contribution in [0.15, 0.2) is 18.7 Å². The van der Waals surface area contributed by atoms with Crippen LogP contribution in [0.2, 0.25) is 0 Å². The predicted octanol–water partition coefficient (Wildman–Crippen LogP) is 0.885. The number of aliphatic carboxylic acids is 1. The molecule has 1 heterocycles. The van der Waals surface area contributed by atoms with Crippen molar-refractivity contribution < 1.29 is 14.1 Å². The van der Waals surface area contributed by atoms with Gasteiger partial charge in [0, 0.05) is 35.5 Å². The van der Waals surface area contributed by atoms with Gasteiger partial charge in [-0.15, -0.1) is 0 Å². The van der Waals surface area contributed by atoms with Crippen molar-refractivity contribution in [3.63, 3.8) is 0 Å². The molecule has 0 radical (unpaired) electrons. The van der Waals surface area contributed by atoms with Gasteiger partial charge < -0.3 is 9.67 Å². The SMILES string of the molecule is CC(C)(C(=O)O)S(=O)CCCn1ccnc1. The molecule has 0 amide bonds. The van der Waals surface area contributed by atoms with Crippen LogP contribution >= 0.6 is 0 Å². The van der Waals surface area contributed by atoms with E-state index in [9.17, 15) is 9.00 Å². The molecule has 1 aromatic rings. The number of carboxylic acid groups (broad SMARTS) is 1. The van der Waals surface area contributed by atoms with Gasteiger partial charge in [0.15, 0.2) is 0 Å². The largest absolute Gasteiger partial charge is 0.480 e. The van der Waals surface area contributed by atoms with Crippen molar-refractivity contribution in [3.8, 4) is 0 Å². The molecular formula is C10H16N2O3S. The Kier molecular flexibility index (Phi) is 4.23. The van der Waals surface area contributed by atoms with Crippen LogP contribution in [0.5, 0.6) is 0 Å². The molecule has 5 nitrogen and oxygen atoms in total. The molecule has 0 aliphatic heterocycles. The lowest BCUT2D eigenvalue weighted by atomic mass is 10.2. The molecule has 0 spiro atoms. The van der Waals surface area contributed by atoms with Crippen molar-refractivity contribution in [3.05, 3.63) is 18.7 Å². The highest BCUT2D eigenvalue weighted by Gasteiger charge is 2.33. The van der Waals surface area contributed by atoms with Gasteiger partial charge in [0.05, 0.1) is 6.33 Å². The number of carboxylic acids is 1. The minimum Gasteiger partial charge on any atom is -0.480 e. The highest BCUT2D eigenvalue weighted by molar-refractivity contribution is 7.87. The topological polar surface area (TPSA) is 72.2 Å². The summed E-state index contributed by atoms with van der Waals surface area (Å²) in [7, 11) is -1.36. The molecule has 1 atom stereocenters. The second-order valence-corrected chi connectivity index (χ2v) is 6.14. The van der Waals surface area contributed by atoms with Gasteiger partial charge in [-0.2, -0.15) is 0 Å². The van der Waals surface area contributed by atoms with E-state index in [1.54, 1.807) is 12.5 Å². The number of aromatic nitrogens is 2. The standard InChI is InChI=1S/C10H16N2O3S/c1-10(2,9(13)14)16(15)7-3-5-12-6-4-11-8-12/h4,6,8H,3,5,7H2,1-2H3,(H,13,14). The number of hydrogen-bond acceptors (Lipinski definition) is 3. The van der Waals surface area contributed by atoms with Crippen LogP contribution in [-0.2, 0) is 22.1 Å². The molecule has 1 unspecified atom stereocenters. The Bertz CT molecular complexity index is 373. The number of hydrogen-bond donors (Lipinski definition) is 1. The van der Waals surface area contributed by atoms with Gasteiger partial charge in [-0.25, -0.2) is 4.98 Å². The molecule has 0 saturated carbocycles. The lowest BCUT2D eigenvalue weighted by Crippen LogP contribution is -2.37. The first-order valence-corrected chi connectivity index (χ1v) is 6.34. The number of nitrogens with zero attached hydrogens (tertiary/aromatic N) is 2. The summed E-state index contributed by atoms with van der Waals surface area (Å²) in [5.74, 6) is -0.634. The monoisotopic (exact) mass is 244 g/mol. The molecule has 0 aliphatic carbocycles. The van der Waals surface area contributed by atoms with Crippen molar-refractivity contribution in [2.45, 2.75) is 31.6 Å². The zero-order valence-corrected chi connectivity index (χ0v) is 10.2. The van der Waals surface area contributed by atoms with E-state index in [-0.39, 0.29) is 0 Å². The van der Waals surface area contributed by atoms with E-state index < -0.39 is 21.5 Å². The summed E-state index contributed by atoms with van der Waals surface area (Å²) in [6, 6.07) is 0.